The van der Waals surface area contributed by atoms with Crippen LogP contribution in [0, 0.1) is 6.92 Å². The molecular formula is C20H19F6N5O2. The van der Waals surface area contributed by atoms with Crippen molar-refractivity contribution >= 4 is 22.4 Å². The third-order valence-corrected chi connectivity index (χ3v) is 4.39. The zero-order valence-corrected chi connectivity index (χ0v) is 17.4. The van der Waals surface area contributed by atoms with Crippen molar-refractivity contribution in [1.29, 1.82) is 0 Å². The highest BCUT2D eigenvalue weighted by Gasteiger charge is 2.35. The van der Waals surface area contributed by atoms with E-state index >= 15 is 0 Å². The Kier molecular flexibility index (Phi) is 6.81. The fourth-order valence-corrected chi connectivity index (χ4v) is 3.00. The number of halogens is 6. The number of rotatable bonds is 7. The van der Waals surface area contributed by atoms with Gasteiger partial charge in [0.15, 0.2) is 0 Å². The normalized spacial score (nSPS) is 12.2. The fourth-order valence-electron chi connectivity index (χ4n) is 3.00. The number of hydrogen-bond acceptors (Lipinski definition) is 7. The van der Waals surface area contributed by atoms with Crippen LogP contribution in [-0.4, -0.2) is 35.3 Å². The van der Waals surface area contributed by atoms with Gasteiger partial charge in [-0.15, -0.1) is 0 Å². The standard InChI is InChI=1S/C20H19F6N5O2/c1-10-29-15-8-14(19(21,22)23)16(33-4-3-32-2)7-13(15)18(30-10)28-9-12-5-11(27)6-17(31-12)20(24,25)26/h5-8H,3-4,9H2,1-2H3,(H2,27,31)(H,28,29,30). The van der Waals surface area contributed by atoms with Gasteiger partial charge in [-0.05, 0) is 31.2 Å². The summed E-state index contributed by atoms with van der Waals surface area (Å²) in [7, 11) is 1.38. The first-order chi connectivity index (χ1) is 15.4. The number of fused-ring (bicyclic) bond motifs is 1. The molecule has 2 aromatic heterocycles. The molecule has 0 amide bonds. The van der Waals surface area contributed by atoms with Gasteiger partial charge in [-0.1, -0.05) is 0 Å². The van der Waals surface area contributed by atoms with Crippen molar-refractivity contribution in [2.45, 2.75) is 25.8 Å². The molecule has 33 heavy (non-hydrogen) atoms. The van der Waals surface area contributed by atoms with Crippen LogP contribution in [0.3, 0.4) is 0 Å². The molecule has 3 aromatic rings. The molecule has 0 aliphatic rings. The maximum absolute atomic E-state index is 13.5. The number of benzene rings is 1. The van der Waals surface area contributed by atoms with Crippen LogP contribution in [0.15, 0.2) is 24.3 Å². The number of aromatic nitrogens is 3. The number of aryl methyl sites for hydroxylation is 1. The molecule has 0 aliphatic heterocycles. The van der Waals surface area contributed by atoms with Gasteiger partial charge in [0.1, 0.15) is 29.7 Å². The summed E-state index contributed by atoms with van der Waals surface area (Å²) in [6.45, 7) is 1.18. The third-order valence-electron chi connectivity index (χ3n) is 4.39. The minimum Gasteiger partial charge on any atom is -0.491 e. The smallest absolute Gasteiger partial charge is 0.433 e. The van der Waals surface area contributed by atoms with Gasteiger partial charge in [-0.25, -0.2) is 15.0 Å². The first-order valence-corrected chi connectivity index (χ1v) is 9.47. The zero-order valence-electron chi connectivity index (χ0n) is 17.4. The molecule has 1 aromatic carbocycles. The van der Waals surface area contributed by atoms with Crippen LogP contribution in [0.4, 0.5) is 37.8 Å². The summed E-state index contributed by atoms with van der Waals surface area (Å²) in [5, 5.41) is 2.99. The number of anilines is 2. The molecule has 0 unspecified atom stereocenters. The third kappa shape index (κ3) is 5.92. The SMILES string of the molecule is COCCOc1cc2c(NCc3cc(N)cc(C(F)(F)F)n3)nc(C)nc2cc1C(F)(F)F. The van der Waals surface area contributed by atoms with E-state index in [1.807, 2.05) is 0 Å². The van der Waals surface area contributed by atoms with Crippen LogP contribution in [0.25, 0.3) is 10.9 Å². The first kappa shape index (κ1) is 24.3. The van der Waals surface area contributed by atoms with E-state index in [0.717, 1.165) is 12.1 Å². The van der Waals surface area contributed by atoms with Crippen molar-refractivity contribution in [2.24, 2.45) is 0 Å². The van der Waals surface area contributed by atoms with Crippen LogP contribution < -0.4 is 15.8 Å². The zero-order chi connectivity index (χ0) is 24.4. The molecule has 3 rings (SSSR count). The number of pyridine rings is 1. The quantitative estimate of drug-likeness (QED) is 0.381. The molecule has 0 saturated carbocycles. The topological polar surface area (TPSA) is 95.2 Å². The minimum absolute atomic E-state index is 0.0204. The van der Waals surface area contributed by atoms with E-state index in [1.54, 1.807) is 0 Å². The molecule has 0 aliphatic carbocycles. The molecule has 178 valence electrons. The molecule has 2 heterocycles. The maximum Gasteiger partial charge on any atom is 0.433 e. The second-order valence-electron chi connectivity index (χ2n) is 6.95. The lowest BCUT2D eigenvalue weighted by Gasteiger charge is -2.17. The lowest BCUT2D eigenvalue weighted by molar-refractivity contribution is -0.141. The summed E-state index contributed by atoms with van der Waals surface area (Å²) >= 11 is 0. The van der Waals surface area contributed by atoms with E-state index in [9.17, 15) is 26.3 Å². The summed E-state index contributed by atoms with van der Waals surface area (Å²) in [5.41, 5.74) is 3.17. The molecule has 13 heteroatoms. The van der Waals surface area contributed by atoms with Crippen LogP contribution >= 0.6 is 0 Å². The Morgan fingerprint density at radius 3 is 2.30 bits per heavy atom. The van der Waals surface area contributed by atoms with Gasteiger partial charge in [-0.3, -0.25) is 0 Å². The molecule has 0 bridgehead atoms. The molecule has 0 radical (unpaired) electrons. The van der Waals surface area contributed by atoms with Gasteiger partial charge in [0.05, 0.1) is 29.9 Å². The molecular weight excluding hydrogens is 456 g/mol. The van der Waals surface area contributed by atoms with Gasteiger partial charge in [-0.2, -0.15) is 26.3 Å². The van der Waals surface area contributed by atoms with Gasteiger partial charge in [0.2, 0.25) is 0 Å². The average molecular weight is 475 g/mol. The van der Waals surface area contributed by atoms with Gasteiger partial charge < -0.3 is 20.5 Å². The number of hydrogen-bond donors (Lipinski definition) is 2. The average Bonchev–Trinajstić information content (AvgIpc) is 2.70. The van der Waals surface area contributed by atoms with Crippen molar-refractivity contribution in [3.63, 3.8) is 0 Å². The molecule has 3 N–H and O–H groups in total. The summed E-state index contributed by atoms with van der Waals surface area (Å²) in [4.78, 5) is 11.8. The number of nitrogens with one attached hydrogen (secondary N) is 1. The summed E-state index contributed by atoms with van der Waals surface area (Å²) in [6.07, 6.45) is -9.40. The van der Waals surface area contributed by atoms with Crippen molar-refractivity contribution in [3.8, 4) is 5.75 Å². The van der Waals surface area contributed by atoms with E-state index in [4.69, 9.17) is 15.2 Å². The van der Waals surface area contributed by atoms with E-state index < -0.39 is 29.4 Å². The molecule has 7 nitrogen and oxygen atoms in total. The van der Waals surface area contributed by atoms with E-state index in [2.05, 4.69) is 20.3 Å². The summed E-state index contributed by atoms with van der Waals surface area (Å²) in [5.74, 6) is -0.202. The Labute approximate surface area is 183 Å². The van der Waals surface area contributed by atoms with Crippen LogP contribution in [-0.2, 0) is 23.6 Å². The van der Waals surface area contributed by atoms with Crippen molar-refractivity contribution in [1.82, 2.24) is 15.0 Å². The lowest BCUT2D eigenvalue weighted by atomic mass is 10.1. The number of nitrogens with two attached hydrogens (primary N) is 1. The summed E-state index contributed by atoms with van der Waals surface area (Å²) in [6, 6.07) is 3.91. The van der Waals surface area contributed by atoms with Crippen LogP contribution in [0.1, 0.15) is 22.8 Å². The lowest BCUT2D eigenvalue weighted by Crippen LogP contribution is -2.14. The van der Waals surface area contributed by atoms with E-state index in [0.29, 0.717) is 6.07 Å². The highest BCUT2D eigenvalue weighted by atomic mass is 19.4. The van der Waals surface area contributed by atoms with Crippen molar-refractivity contribution in [2.75, 3.05) is 31.4 Å². The van der Waals surface area contributed by atoms with E-state index in [1.165, 1.54) is 20.1 Å². The number of nitrogen functional groups attached to an aromatic ring is 1. The van der Waals surface area contributed by atoms with E-state index in [-0.39, 0.29) is 53.7 Å². The predicted molar refractivity (Wildman–Crippen MR) is 108 cm³/mol. The highest BCUT2D eigenvalue weighted by Crippen LogP contribution is 2.39. The second-order valence-corrected chi connectivity index (χ2v) is 6.95. The van der Waals surface area contributed by atoms with Crippen LogP contribution in [0.5, 0.6) is 5.75 Å². The van der Waals surface area contributed by atoms with Crippen molar-refractivity contribution < 1.29 is 35.8 Å². The number of nitrogens with zero attached hydrogens (tertiary/aromatic N) is 3. The molecule has 0 atom stereocenters. The van der Waals surface area contributed by atoms with Crippen LogP contribution in [0.2, 0.25) is 0 Å². The Morgan fingerprint density at radius 2 is 1.67 bits per heavy atom. The monoisotopic (exact) mass is 475 g/mol. The largest absolute Gasteiger partial charge is 0.491 e. The molecule has 0 spiro atoms. The molecule has 0 fully saturated rings. The van der Waals surface area contributed by atoms with Gasteiger partial charge >= 0.3 is 12.4 Å². The van der Waals surface area contributed by atoms with Crippen molar-refractivity contribution in [3.05, 3.63) is 47.0 Å². The second kappa shape index (κ2) is 9.25. The Morgan fingerprint density at radius 1 is 0.939 bits per heavy atom. The number of ether oxygens (including phenoxy) is 2. The Bertz CT molecular complexity index is 1150. The minimum atomic E-state index is -4.71. The summed E-state index contributed by atoms with van der Waals surface area (Å²) < 4.78 is 89.7. The highest BCUT2D eigenvalue weighted by molar-refractivity contribution is 5.91. The Hall–Kier alpha value is -3.35. The fraction of sp³-hybridized carbons (Fsp3) is 0.350. The Balaban J connectivity index is 2.01. The first-order valence-electron chi connectivity index (χ1n) is 9.47. The predicted octanol–water partition coefficient (Wildman–Crippen LogP) is 4.59. The number of methoxy groups -OCH3 is 1. The van der Waals surface area contributed by atoms with Gasteiger partial charge in [0, 0.05) is 18.2 Å². The molecule has 0 saturated heterocycles. The van der Waals surface area contributed by atoms with Gasteiger partial charge in [0.25, 0.3) is 0 Å². The number of alkyl halides is 6. The maximum atomic E-state index is 13.5.